The minimum Gasteiger partial charge on any atom is -0.508 e. The zero-order chi connectivity index (χ0) is 30.3. The van der Waals surface area contributed by atoms with Gasteiger partial charge in [-0.05, 0) is 65.5 Å². The molecule has 220 valence electrons. The number of nitro benzene ring substituents is 1. The molecule has 1 aliphatic heterocycles. The number of amides is 4. The molecule has 41 heavy (non-hydrogen) atoms. The number of nitrogens with one attached hydrogen (secondary N) is 4. The van der Waals surface area contributed by atoms with E-state index in [0.717, 1.165) is 6.07 Å². The Balaban J connectivity index is 2.08. The van der Waals surface area contributed by atoms with Crippen molar-refractivity contribution in [3.8, 4) is 5.75 Å². The number of hydrogen-bond acceptors (Lipinski definition) is 8. The van der Waals surface area contributed by atoms with Crippen molar-refractivity contribution in [1.29, 1.82) is 0 Å². The number of aromatic hydroxyl groups is 1. The van der Waals surface area contributed by atoms with Gasteiger partial charge in [-0.1, -0.05) is 26.0 Å². The van der Waals surface area contributed by atoms with Gasteiger partial charge in [0.25, 0.3) is 11.6 Å². The molecule has 3 rings (SSSR count). The molecule has 0 saturated heterocycles. The van der Waals surface area contributed by atoms with Gasteiger partial charge in [0.05, 0.1) is 16.2 Å². The number of phenolic OH excluding ortho intramolecular Hbond substituents is 1. The topological polar surface area (TPSA) is 206 Å². The molecular formula is C27H33IN6O7. The molecular weight excluding hydrogens is 647 g/mol. The monoisotopic (exact) mass is 680 g/mol. The summed E-state index contributed by atoms with van der Waals surface area (Å²) in [6, 6.07) is 5.27. The Hall–Kier alpha value is -3.95. The number of fused-ring (bicyclic) bond motifs is 1. The first kappa shape index (κ1) is 31.6. The average molecular weight is 680 g/mol. The fraction of sp³-hybridized carbons (Fsp3) is 0.407. The SMILES string of the molecule is CC(C)C[C@@H]1NC(=O)[C@H](Cc2ccc(O)cc2)NC(=O)c2cc([N+](=O)[O-])cc(I)c2NCCC[C@@H](C(N)=O)NC1=O. The van der Waals surface area contributed by atoms with Crippen LogP contribution < -0.4 is 27.0 Å². The zero-order valence-electron chi connectivity index (χ0n) is 22.6. The van der Waals surface area contributed by atoms with Gasteiger partial charge in [-0.15, -0.1) is 0 Å². The Morgan fingerprint density at radius 2 is 1.76 bits per heavy atom. The molecule has 0 fully saturated rings. The molecule has 0 aromatic heterocycles. The Morgan fingerprint density at radius 1 is 1.10 bits per heavy atom. The number of nitrogens with zero attached hydrogens (tertiary/aromatic N) is 1. The highest BCUT2D eigenvalue weighted by Crippen LogP contribution is 2.29. The number of halogens is 1. The van der Waals surface area contributed by atoms with Crippen molar-refractivity contribution in [2.45, 2.75) is 57.7 Å². The molecule has 4 amide bonds. The van der Waals surface area contributed by atoms with Gasteiger partial charge >= 0.3 is 0 Å². The normalized spacial score (nSPS) is 20.4. The third kappa shape index (κ3) is 8.77. The number of carbonyl (C=O) groups excluding carboxylic acids is 4. The third-order valence-corrected chi connectivity index (χ3v) is 7.35. The van der Waals surface area contributed by atoms with Crippen LogP contribution in [0.4, 0.5) is 11.4 Å². The van der Waals surface area contributed by atoms with Crippen molar-refractivity contribution in [2.24, 2.45) is 11.7 Å². The van der Waals surface area contributed by atoms with Gasteiger partial charge in [-0.2, -0.15) is 0 Å². The molecule has 0 aliphatic carbocycles. The van der Waals surface area contributed by atoms with E-state index < -0.39 is 46.7 Å². The number of primary amides is 1. The number of phenols is 1. The van der Waals surface area contributed by atoms with E-state index in [2.05, 4.69) is 21.3 Å². The maximum atomic E-state index is 13.6. The Morgan fingerprint density at radius 3 is 2.37 bits per heavy atom. The predicted octanol–water partition coefficient (Wildman–Crippen LogP) is 1.95. The summed E-state index contributed by atoms with van der Waals surface area (Å²) < 4.78 is 0.405. The highest BCUT2D eigenvalue weighted by Gasteiger charge is 2.31. The summed E-state index contributed by atoms with van der Waals surface area (Å²) in [6.07, 6.45) is 0.794. The van der Waals surface area contributed by atoms with E-state index in [0.29, 0.717) is 21.2 Å². The molecule has 1 heterocycles. The first-order chi connectivity index (χ1) is 19.3. The van der Waals surface area contributed by atoms with Crippen LogP contribution in [-0.2, 0) is 20.8 Å². The van der Waals surface area contributed by atoms with E-state index in [9.17, 15) is 34.4 Å². The van der Waals surface area contributed by atoms with Crippen LogP contribution in [0.25, 0.3) is 0 Å². The standard InChI is InChI=1S/C27H33IN6O7/c1-14(2)10-21-26(38)31-20(24(29)36)4-3-9-30-23-18(12-16(34(40)41)13-19(23)28)25(37)32-22(27(39)33-21)11-15-5-7-17(35)8-6-15/h5-8,12-14,20-22,30,35H,3-4,9-11H2,1-2H3,(H2,29,36)(H,31,38)(H,32,37)(H,33,39)/t20-,21-,22-/m0/s1. The summed E-state index contributed by atoms with van der Waals surface area (Å²) in [5, 5.41) is 32.4. The number of rotatable bonds is 6. The lowest BCUT2D eigenvalue weighted by Gasteiger charge is -2.26. The number of nitrogens with two attached hydrogens (primary N) is 1. The maximum Gasteiger partial charge on any atom is 0.271 e. The van der Waals surface area contributed by atoms with Gasteiger partial charge in [0.15, 0.2) is 0 Å². The number of nitro groups is 1. The van der Waals surface area contributed by atoms with Crippen LogP contribution in [0.5, 0.6) is 5.75 Å². The third-order valence-electron chi connectivity index (χ3n) is 6.50. The lowest BCUT2D eigenvalue weighted by Crippen LogP contribution is -2.57. The molecule has 2 aromatic rings. The quantitative estimate of drug-likeness (QED) is 0.151. The lowest BCUT2D eigenvalue weighted by molar-refractivity contribution is -0.384. The fourth-order valence-corrected chi connectivity index (χ4v) is 5.22. The smallest absolute Gasteiger partial charge is 0.271 e. The Kier molecular flexibility index (Phi) is 10.9. The number of hydrogen-bond donors (Lipinski definition) is 6. The van der Waals surface area contributed by atoms with Crippen LogP contribution in [0.3, 0.4) is 0 Å². The molecule has 1 aliphatic rings. The molecule has 2 aromatic carbocycles. The van der Waals surface area contributed by atoms with Gasteiger partial charge in [0.1, 0.15) is 23.9 Å². The second-order valence-electron chi connectivity index (χ2n) is 10.2. The molecule has 0 saturated carbocycles. The second-order valence-corrected chi connectivity index (χ2v) is 11.4. The molecule has 0 radical (unpaired) electrons. The molecule has 0 bridgehead atoms. The van der Waals surface area contributed by atoms with Crippen molar-refractivity contribution in [2.75, 3.05) is 11.9 Å². The maximum absolute atomic E-state index is 13.6. The number of non-ortho nitro benzene ring substituents is 1. The Labute approximate surface area is 250 Å². The van der Waals surface area contributed by atoms with Crippen LogP contribution in [-0.4, -0.2) is 58.3 Å². The van der Waals surface area contributed by atoms with Crippen LogP contribution in [0.1, 0.15) is 49.0 Å². The molecule has 7 N–H and O–H groups in total. The molecule has 14 heteroatoms. The second kappa shape index (κ2) is 14.1. The highest BCUT2D eigenvalue weighted by molar-refractivity contribution is 14.1. The van der Waals surface area contributed by atoms with Crippen molar-refractivity contribution in [3.63, 3.8) is 0 Å². The van der Waals surface area contributed by atoms with Crippen molar-refractivity contribution in [3.05, 3.63) is 61.2 Å². The van der Waals surface area contributed by atoms with E-state index in [1.54, 1.807) is 12.1 Å². The summed E-state index contributed by atoms with van der Waals surface area (Å²) in [4.78, 5) is 63.5. The predicted molar refractivity (Wildman–Crippen MR) is 159 cm³/mol. The van der Waals surface area contributed by atoms with E-state index in [1.165, 1.54) is 18.2 Å². The van der Waals surface area contributed by atoms with Gasteiger partial charge in [0, 0.05) is 28.7 Å². The minimum absolute atomic E-state index is 0.00738. The highest BCUT2D eigenvalue weighted by atomic mass is 127. The van der Waals surface area contributed by atoms with E-state index >= 15 is 0 Å². The van der Waals surface area contributed by atoms with Crippen LogP contribution in [0.15, 0.2) is 36.4 Å². The first-order valence-corrected chi connectivity index (χ1v) is 14.1. The van der Waals surface area contributed by atoms with Crippen molar-refractivity contribution >= 4 is 57.6 Å². The van der Waals surface area contributed by atoms with Gasteiger partial charge in [-0.25, -0.2) is 0 Å². The molecule has 0 unspecified atom stereocenters. The fourth-order valence-electron chi connectivity index (χ4n) is 4.42. The molecule has 3 atom stereocenters. The first-order valence-electron chi connectivity index (χ1n) is 13.1. The van der Waals surface area contributed by atoms with Crippen LogP contribution in [0, 0.1) is 19.6 Å². The lowest BCUT2D eigenvalue weighted by atomic mass is 10.00. The van der Waals surface area contributed by atoms with Gasteiger partial charge < -0.3 is 32.1 Å². The summed E-state index contributed by atoms with van der Waals surface area (Å²) in [5.74, 6) is -2.71. The summed E-state index contributed by atoms with van der Waals surface area (Å²) >= 11 is 1.88. The zero-order valence-corrected chi connectivity index (χ0v) is 24.8. The van der Waals surface area contributed by atoms with Gasteiger partial charge in [-0.3, -0.25) is 29.3 Å². The minimum atomic E-state index is -1.20. The number of benzene rings is 2. The summed E-state index contributed by atoms with van der Waals surface area (Å²) in [6.45, 7) is 4.00. The van der Waals surface area contributed by atoms with Crippen LogP contribution in [0.2, 0.25) is 0 Å². The molecule has 0 spiro atoms. The van der Waals surface area contributed by atoms with E-state index in [-0.39, 0.29) is 48.7 Å². The van der Waals surface area contributed by atoms with Crippen LogP contribution >= 0.6 is 22.6 Å². The summed E-state index contributed by atoms with van der Waals surface area (Å²) in [7, 11) is 0. The number of anilines is 1. The molecule has 13 nitrogen and oxygen atoms in total. The van der Waals surface area contributed by atoms with Crippen molar-refractivity contribution < 1.29 is 29.2 Å². The van der Waals surface area contributed by atoms with Gasteiger partial charge in [0.2, 0.25) is 17.7 Å². The van der Waals surface area contributed by atoms with E-state index in [4.69, 9.17) is 5.73 Å². The average Bonchev–Trinajstić information content (AvgIpc) is 2.90. The van der Waals surface area contributed by atoms with Crippen molar-refractivity contribution in [1.82, 2.24) is 16.0 Å². The summed E-state index contributed by atoms with van der Waals surface area (Å²) in [5.41, 5.74) is 6.13. The van der Waals surface area contributed by atoms with E-state index in [1.807, 2.05) is 36.4 Å². The largest absolute Gasteiger partial charge is 0.508 e. The number of carbonyl (C=O) groups is 4. The Bertz CT molecular complexity index is 1320.